The van der Waals surface area contributed by atoms with Crippen LogP contribution in [0.5, 0.6) is 0 Å². The Morgan fingerprint density at radius 2 is 2.21 bits per heavy atom. The van der Waals surface area contributed by atoms with Crippen LogP contribution in [0.2, 0.25) is 5.02 Å². The Hall–Kier alpha value is -1.95. The fourth-order valence-electron chi connectivity index (χ4n) is 1.99. The first-order chi connectivity index (χ1) is 9.08. The molecule has 98 valence electrons. The predicted octanol–water partition coefficient (Wildman–Crippen LogP) is 2.64. The Labute approximate surface area is 112 Å². The minimum Gasteiger partial charge on any atom is -0.476 e. The van der Waals surface area contributed by atoms with Crippen molar-refractivity contribution in [2.75, 3.05) is 0 Å². The van der Waals surface area contributed by atoms with Crippen LogP contribution in [-0.4, -0.2) is 26.1 Å². The second kappa shape index (κ2) is 4.31. The zero-order chi connectivity index (χ0) is 13.6. The molecule has 0 amide bonds. The van der Waals surface area contributed by atoms with Gasteiger partial charge in [0.25, 0.3) is 0 Å². The molecule has 1 N–H and O–H groups in total. The van der Waals surface area contributed by atoms with E-state index in [0.717, 1.165) is 12.8 Å². The van der Waals surface area contributed by atoms with Gasteiger partial charge in [0, 0.05) is 10.9 Å². The summed E-state index contributed by atoms with van der Waals surface area (Å²) in [7, 11) is 0. The van der Waals surface area contributed by atoms with Crippen molar-refractivity contribution in [3.8, 4) is 5.69 Å². The number of benzene rings is 1. The maximum atomic E-state index is 13.8. The smallest absolute Gasteiger partial charge is 0.358 e. The van der Waals surface area contributed by atoms with E-state index in [1.165, 1.54) is 22.9 Å². The van der Waals surface area contributed by atoms with Crippen molar-refractivity contribution in [2.45, 2.75) is 18.8 Å². The summed E-state index contributed by atoms with van der Waals surface area (Å²) in [5.41, 5.74) is 0.435. The molecule has 1 aliphatic rings. The van der Waals surface area contributed by atoms with Crippen molar-refractivity contribution in [3.05, 3.63) is 40.4 Å². The van der Waals surface area contributed by atoms with Crippen LogP contribution in [0, 0.1) is 5.82 Å². The molecule has 5 nitrogen and oxygen atoms in total. The van der Waals surface area contributed by atoms with E-state index >= 15 is 0 Å². The zero-order valence-corrected chi connectivity index (χ0v) is 10.4. The topological polar surface area (TPSA) is 68.0 Å². The van der Waals surface area contributed by atoms with E-state index in [0.29, 0.717) is 10.7 Å². The van der Waals surface area contributed by atoms with Gasteiger partial charge in [0.2, 0.25) is 0 Å². The second-order valence-corrected chi connectivity index (χ2v) is 4.85. The van der Waals surface area contributed by atoms with Gasteiger partial charge in [-0.1, -0.05) is 16.8 Å². The van der Waals surface area contributed by atoms with E-state index in [-0.39, 0.29) is 17.3 Å². The van der Waals surface area contributed by atoms with E-state index in [2.05, 4.69) is 10.3 Å². The van der Waals surface area contributed by atoms with Crippen LogP contribution in [-0.2, 0) is 0 Å². The number of halogens is 2. The monoisotopic (exact) mass is 281 g/mol. The first-order valence-corrected chi connectivity index (χ1v) is 6.10. The Kier molecular flexibility index (Phi) is 2.74. The van der Waals surface area contributed by atoms with Crippen LogP contribution in [0.1, 0.15) is 34.9 Å². The van der Waals surface area contributed by atoms with Crippen LogP contribution in [0.15, 0.2) is 18.2 Å². The van der Waals surface area contributed by atoms with Gasteiger partial charge in [-0.25, -0.2) is 13.9 Å². The molecular formula is C12H9ClFN3O2. The molecule has 3 rings (SSSR count). The molecule has 1 aromatic carbocycles. The summed E-state index contributed by atoms with van der Waals surface area (Å²) in [5.74, 6) is -1.61. The highest BCUT2D eigenvalue weighted by Gasteiger charge is 2.34. The molecular weight excluding hydrogens is 273 g/mol. The number of carboxylic acid groups (broad SMARTS) is 1. The molecule has 0 saturated heterocycles. The number of carboxylic acids is 1. The minimum absolute atomic E-state index is 0.0690. The Morgan fingerprint density at radius 3 is 2.84 bits per heavy atom. The van der Waals surface area contributed by atoms with Crippen molar-refractivity contribution < 1.29 is 14.3 Å². The molecule has 7 heteroatoms. The Bertz CT molecular complexity index is 667. The molecule has 1 aliphatic carbocycles. The van der Waals surface area contributed by atoms with Crippen molar-refractivity contribution in [1.82, 2.24) is 15.0 Å². The number of aromatic carboxylic acids is 1. The molecule has 0 aliphatic heterocycles. The molecule has 0 atom stereocenters. The molecule has 1 heterocycles. The number of nitrogens with zero attached hydrogens (tertiary/aromatic N) is 3. The SMILES string of the molecule is O=C(O)c1nnn(-c2cc(Cl)ccc2F)c1C1CC1. The van der Waals surface area contributed by atoms with Gasteiger partial charge < -0.3 is 5.11 Å². The Balaban J connectivity index is 2.20. The number of hydrogen-bond donors (Lipinski definition) is 1. The first kappa shape index (κ1) is 12.1. The van der Waals surface area contributed by atoms with Crippen LogP contribution >= 0.6 is 11.6 Å². The summed E-state index contributed by atoms with van der Waals surface area (Å²) in [5, 5.41) is 16.8. The van der Waals surface area contributed by atoms with Crippen LogP contribution in [0.4, 0.5) is 4.39 Å². The second-order valence-electron chi connectivity index (χ2n) is 4.41. The van der Waals surface area contributed by atoms with E-state index < -0.39 is 11.8 Å². The van der Waals surface area contributed by atoms with Gasteiger partial charge in [-0.15, -0.1) is 5.10 Å². The summed E-state index contributed by atoms with van der Waals surface area (Å²) in [6.07, 6.45) is 1.71. The molecule has 1 saturated carbocycles. The van der Waals surface area contributed by atoms with Gasteiger partial charge in [-0.2, -0.15) is 0 Å². The van der Waals surface area contributed by atoms with Crippen LogP contribution in [0.25, 0.3) is 5.69 Å². The van der Waals surface area contributed by atoms with E-state index in [4.69, 9.17) is 16.7 Å². The average molecular weight is 282 g/mol. The largest absolute Gasteiger partial charge is 0.476 e. The van der Waals surface area contributed by atoms with E-state index in [9.17, 15) is 9.18 Å². The lowest BCUT2D eigenvalue weighted by molar-refractivity contribution is 0.0689. The molecule has 0 unspecified atom stereocenters. The molecule has 1 fully saturated rings. The molecule has 0 radical (unpaired) electrons. The lowest BCUT2D eigenvalue weighted by Gasteiger charge is -2.07. The maximum absolute atomic E-state index is 13.8. The third-order valence-electron chi connectivity index (χ3n) is 3.01. The lowest BCUT2D eigenvalue weighted by atomic mass is 10.2. The minimum atomic E-state index is -1.16. The quantitative estimate of drug-likeness (QED) is 0.939. The number of rotatable bonds is 3. The fourth-order valence-corrected chi connectivity index (χ4v) is 2.16. The summed E-state index contributed by atoms with van der Waals surface area (Å²) >= 11 is 5.84. The molecule has 19 heavy (non-hydrogen) atoms. The van der Waals surface area contributed by atoms with Crippen LogP contribution in [0.3, 0.4) is 0 Å². The van der Waals surface area contributed by atoms with E-state index in [1.54, 1.807) is 0 Å². The lowest BCUT2D eigenvalue weighted by Crippen LogP contribution is -2.07. The number of hydrogen-bond acceptors (Lipinski definition) is 3. The highest BCUT2D eigenvalue weighted by Crippen LogP contribution is 2.42. The maximum Gasteiger partial charge on any atom is 0.358 e. The van der Waals surface area contributed by atoms with Crippen LogP contribution < -0.4 is 0 Å². The highest BCUT2D eigenvalue weighted by atomic mass is 35.5. The predicted molar refractivity (Wildman–Crippen MR) is 65.3 cm³/mol. The Morgan fingerprint density at radius 1 is 1.47 bits per heavy atom. The zero-order valence-electron chi connectivity index (χ0n) is 9.68. The summed E-state index contributed by atoms with van der Waals surface area (Å²) in [6.45, 7) is 0. The third kappa shape index (κ3) is 2.08. The van der Waals surface area contributed by atoms with Gasteiger partial charge >= 0.3 is 5.97 Å². The normalized spacial score (nSPS) is 14.6. The molecule has 1 aromatic heterocycles. The summed E-state index contributed by atoms with van der Waals surface area (Å²) in [6, 6.07) is 4.05. The van der Waals surface area contributed by atoms with Gasteiger partial charge in [0.05, 0.1) is 5.69 Å². The highest BCUT2D eigenvalue weighted by molar-refractivity contribution is 6.30. The van der Waals surface area contributed by atoms with Gasteiger partial charge in [-0.3, -0.25) is 0 Å². The number of aromatic nitrogens is 3. The van der Waals surface area contributed by atoms with Gasteiger partial charge in [0.15, 0.2) is 5.69 Å². The van der Waals surface area contributed by atoms with Gasteiger partial charge in [-0.05, 0) is 31.0 Å². The third-order valence-corrected chi connectivity index (χ3v) is 3.24. The summed E-state index contributed by atoms with van der Waals surface area (Å²) in [4.78, 5) is 11.1. The fraction of sp³-hybridized carbons (Fsp3) is 0.250. The van der Waals surface area contributed by atoms with Crippen molar-refractivity contribution >= 4 is 17.6 Å². The molecule has 0 bridgehead atoms. The first-order valence-electron chi connectivity index (χ1n) is 5.72. The standard InChI is InChI=1S/C12H9ClFN3O2/c13-7-3-4-8(14)9(5-7)17-11(6-1-2-6)10(12(18)19)15-16-17/h3-6H,1-2H2,(H,18,19). The average Bonchev–Trinajstić information content (AvgIpc) is 3.11. The molecule has 2 aromatic rings. The summed E-state index contributed by atoms with van der Waals surface area (Å²) < 4.78 is 15.1. The van der Waals surface area contributed by atoms with Crippen molar-refractivity contribution in [1.29, 1.82) is 0 Å². The van der Waals surface area contributed by atoms with Crippen molar-refractivity contribution in [3.63, 3.8) is 0 Å². The number of carbonyl (C=O) groups is 1. The van der Waals surface area contributed by atoms with E-state index in [1.807, 2.05) is 0 Å². The molecule has 0 spiro atoms. The van der Waals surface area contributed by atoms with Gasteiger partial charge in [0.1, 0.15) is 11.5 Å². The van der Waals surface area contributed by atoms with Crippen molar-refractivity contribution in [2.24, 2.45) is 0 Å².